The topological polar surface area (TPSA) is 84.9 Å². The number of rotatable bonds is 9. The van der Waals surface area contributed by atoms with Crippen LogP contribution in [0, 0.1) is 0 Å². The fourth-order valence-corrected chi connectivity index (χ4v) is 3.56. The molecule has 1 unspecified atom stereocenters. The van der Waals surface area contributed by atoms with Crippen LogP contribution in [0.3, 0.4) is 0 Å². The Bertz CT molecular complexity index is 777. The number of methoxy groups -OCH3 is 2. The first-order chi connectivity index (χ1) is 12.4. The molecule has 0 spiro atoms. The number of carboxylic acid groups (broad SMARTS) is 1. The van der Waals surface area contributed by atoms with Gasteiger partial charge in [-0.25, -0.2) is 0 Å². The Labute approximate surface area is 160 Å². The molecular weight excluding hydrogens is 378 g/mol. The van der Waals surface area contributed by atoms with Gasteiger partial charge < -0.3 is 19.9 Å². The highest BCUT2D eigenvalue weighted by molar-refractivity contribution is 7.10. The van der Waals surface area contributed by atoms with Crippen molar-refractivity contribution in [1.29, 1.82) is 0 Å². The third-order valence-electron chi connectivity index (χ3n) is 3.74. The number of aliphatic carboxylic acids is 1. The first-order valence-corrected chi connectivity index (χ1v) is 9.14. The third kappa shape index (κ3) is 5.64. The van der Waals surface area contributed by atoms with Crippen molar-refractivity contribution in [2.45, 2.75) is 25.3 Å². The number of halogens is 1. The van der Waals surface area contributed by atoms with Crippen LogP contribution in [0.15, 0.2) is 29.6 Å². The SMILES string of the molecule is COc1ccc(C(CC(=O)O)NC(=O)CCc2cc(Cl)cs2)cc1OC. The summed E-state index contributed by atoms with van der Waals surface area (Å²) in [4.78, 5) is 24.5. The minimum Gasteiger partial charge on any atom is -0.493 e. The normalized spacial score (nSPS) is 11.7. The Hall–Kier alpha value is -2.25. The Balaban J connectivity index is 2.08. The number of hydrogen-bond donors (Lipinski definition) is 2. The van der Waals surface area contributed by atoms with Gasteiger partial charge in [-0.05, 0) is 30.2 Å². The van der Waals surface area contributed by atoms with Crippen LogP contribution >= 0.6 is 22.9 Å². The lowest BCUT2D eigenvalue weighted by molar-refractivity contribution is -0.137. The molecule has 1 amide bonds. The Morgan fingerprint density at radius 1 is 1.23 bits per heavy atom. The molecule has 0 saturated carbocycles. The zero-order chi connectivity index (χ0) is 19.1. The Kier molecular flexibility index (Phi) is 7.29. The van der Waals surface area contributed by atoms with Crippen LogP contribution in [0.1, 0.15) is 29.3 Å². The summed E-state index contributed by atoms with van der Waals surface area (Å²) in [6.07, 6.45) is 0.571. The first-order valence-electron chi connectivity index (χ1n) is 7.89. The third-order valence-corrected chi connectivity index (χ3v) is 5.09. The molecule has 0 aliphatic heterocycles. The standard InChI is InChI=1S/C18H20ClNO5S/c1-24-15-5-3-11(7-16(15)25-2)14(9-18(22)23)20-17(21)6-4-13-8-12(19)10-26-13/h3,5,7-8,10,14H,4,6,9H2,1-2H3,(H,20,21)(H,22,23). The van der Waals surface area contributed by atoms with Crippen molar-refractivity contribution >= 4 is 34.8 Å². The average molecular weight is 398 g/mol. The molecule has 26 heavy (non-hydrogen) atoms. The van der Waals surface area contributed by atoms with E-state index in [1.807, 2.05) is 11.4 Å². The van der Waals surface area contributed by atoms with Crippen LogP contribution in [0.5, 0.6) is 11.5 Å². The number of amides is 1. The zero-order valence-electron chi connectivity index (χ0n) is 14.5. The van der Waals surface area contributed by atoms with Gasteiger partial charge in [0, 0.05) is 16.7 Å². The monoisotopic (exact) mass is 397 g/mol. The fraction of sp³-hybridized carbons (Fsp3) is 0.333. The van der Waals surface area contributed by atoms with E-state index >= 15 is 0 Å². The molecular formula is C18H20ClNO5S. The lowest BCUT2D eigenvalue weighted by atomic mass is 10.0. The van der Waals surface area contributed by atoms with E-state index in [1.54, 1.807) is 18.2 Å². The summed E-state index contributed by atoms with van der Waals surface area (Å²) in [6.45, 7) is 0. The van der Waals surface area contributed by atoms with Crippen molar-refractivity contribution in [2.75, 3.05) is 14.2 Å². The molecule has 0 radical (unpaired) electrons. The highest BCUT2D eigenvalue weighted by Gasteiger charge is 2.20. The summed E-state index contributed by atoms with van der Waals surface area (Å²) in [5.41, 5.74) is 0.637. The molecule has 2 rings (SSSR count). The highest BCUT2D eigenvalue weighted by Crippen LogP contribution is 2.31. The van der Waals surface area contributed by atoms with Crippen molar-refractivity contribution in [3.05, 3.63) is 45.1 Å². The molecule has 8 heteroatoms. The number of thiophene rings is 1. The van der Waals surface area contributed by atoms with E-state index in [9.17, 15) is 14.7 Å². The molecule has 140 valence electrons. The second-order valence-electron chi connectivity index (χ2n) is 5.56. The summed E-state index contributed by atoms with van der Waals surface area (Å²) >= 11 is 7.36. The first kappa shape index (κ1) is 20.1. The maximum atomic E-state index is 12.3. The summed E-state index contributed by atoms with van der Waals surface area (Å²) in [5, 5.41) is 14.4. The summed E-state index contributed by atoms with van der Waals surface area (Å²) in [7, 11) is 3.02. The lowest BCUT2D eigenvalue weighted by Crippen LogP contribution is -2.30. The maximum Gasteiger partial charge on any atom is 0.305 e. The molecule has 1 atom stereocenters. The quantitative estimate of drug-likeness (QED) is 0.674. The van der Waals surface area contributed by atoms with Gasteiger partial charge in [0.2, 0.25) is 5.91 Å². The van der Waals surface area contributed by atoms with Crippen molar-refractivity contribution < 1.29 is 24.2 Å². The van der Waals surface area contributed by atoms with E-state index in [2.05, 4.69) is 5.32 Å². The molecule has 0 aliphatic carbocycles. The maximum absolute atomic E-state index is 12.3. The van der Waals surface area contributed by atoms with Gasteiger partial charge >= 0.3 is 5.97 Å². The van der Waals surface area contributed by atoms with Crippen molar-refractivity contribution in [2.24, 2.45) is 0 Å². The van der Waals surface area contributed by atoms with Crippen LogP contribution in [-0.4, -0.2) is 31.2 Å². The minimum absolute atomic E-state index is 0.226. The van der Waals surface area contributed by atoms with E-state index in [4.69, 9.17) is 21.1 Å². The molecule has 0 saturated heterocycles. The molecule has 1 heterocycles. The molecule has 6 nitrogen and oxygen atoms in total. The molecule has 0 bridgehead atoms. The number of carbonyl (C=O) groups is 2. The molecule has 0 aliphatic rings. The van der Waals surface area contributed by atoms with Gasteiger partial charge in [-0.3, -0.25) is 9.59 Å². The predicted molar refractivity (Wildman–Crippen MR) is 100 cm³/mol. The number of hydrogen-bond acceptors (Lipinski definition) is 5. The van der Waals surface area contributed by atoms with Gasteiger partial charge in [-0.2, -0.15) is 0 Å². The van der Waals surface area contributed by atoms with Gasteiger partial charge in [0.15, 0.2) is 11.5 Å². The van der Waals surface area contributed by atoms with Crippen LogP contribution < -0.4 is 14.8 Å². The molecule has 2 aromatic rings. The molecule has 0 fully saturated rings. The number of carboxylic acids is 1. The summed E-state index contributed by atoms with van der Waals surface area (Å²) in [6, 6.07) is 6.23. The van der Waals surface area contributed by atoms with Gasteiger partial charge in [0.25, 0.3) is 0 Å². The van der Waals surface area contributed by atoms with Crippen molar-refractivity contribution in [3.63, 3.8) is 0 Å². The zero-order valence-corrected chi connectivity index (χ0v) is 16.0. The van der Waals surface area contributed by atoms with Gasteiger partial charge in [-0.1, -0.05) is 17.7 Å². The van der Waals surface area contributed by atoms with E-state index in [1.165, 1.54) is 25.6 Å². The second-order valence-corrected chi connectivity index (χ2v) is 7.00. The van der Waals surface area contributed by atoms with Crippen LogP contribution in [0.4, 0.5) is 0 Å². The van der Waals surface area contributed by atoms with Crippen LogP contribution in [-0.2, 0) is 16.0 Å². The fourth-order valence-electron chi connectivity index (χ4n) is 2.48. The molecule has 2 N–H and O–H groups in total. The molecule has 1 aromatic heterocycles. The smallest absolute Gasteiger partial charge is 0.305 e. The summed E-state index contributed by atoms with van der Waals surface area (Å²) < 4.78 is 10.4. The molecule has 1 aromatic carbocycles. The lowest BCUT2D eigenvalue weighted by Gasteiger charge is -2.19. The van der Waals surface area contributed by atoms with E-state index in [-0.39, 0.29) is 18.7 Å². The van der Waals surface area contributed by atoms with Crippen LogP contribution in [0.25, 0.3) is 0 Å². The largest absolute Gasteiger partial charge is 0.493 e. The number of ether oxygens (including phenoxy) is 2. The predicted octanol–water partition coefficient (Wildman–Crippen LogP) is 3.68. The van der Waals surface area contributed by atoms with Gasteiger partial charge in [0.05, 0.1) is 31.7 Å². The highest BCUT2D eigenvalue weighted by atomic mass is 35.5. The minimum atomic E-state index is -1.00. The number of nitrogens with one attached hydrogen (secondary N) is 1. The second kappa shape index (κ2) is 9.45. The Morgan fingerprint density at radius 2 is 1.96 bits per heavy atom. The van der Waals surface area contributed by atoms with E-state index in [0.717, 1.165) is 4.88 Å². The summed E-state index contributed by atoms with van der Waals surface area (Å²) in [5.74, 6) is -0.222. The Morgan fingerprint density at radius 3 is 2.54 bits per heavy atom. The van der Waals surface area contributed by atoms with E-state index < -0.39 is 12.0 Å². The van der Waals surface area contributed by atoms with Crippen molar-refractivity contribution in [1.82, 2.24) is 5.32 Å². The average Bonchev–Trinajstić information content (AvgIpc) is 3.03. The number of carbonyl (C=O) groups excluding carboxylic acids is 1. The number of benzene rings is 1. The van der Waals surface area contributed by atoms with E-state index in [0.29, 0.717) is 28.5 Å². The van der Waals surface area contributed by atoms with Gasteiger partial charge in [0.1, 0.15) is 0 Å². The number of aryl methyl sites for hydroxylation is 1. The van der Waals surface area contributed by atoms with Crippen LogP contribution in [0.2, 0.25) is 5.02 Å². The van der Waals surface area contributed by atoms with Crippen molar-refractivity contribution in [3.8, 4) is 11.5 Å². The van der Waals surface area contributed by atoms with Gasteiger partial charge in [-0.15, -0.1) is 11.3 Å².